The summed E-state index contributed by atoms with van der Waals surface area (Å²) in [7, 11) is 2.00. The first-order valence-electron chi connectivity index (χ1n) is 7.43. The molecule has 4 nitrogen and oxygen atoms in total. The van der Waals surface area contributed by atoms with Crippen molar-refractivity contribution in [1.29, 1.82) is 0 Å². The van der Waals surface area contributed by atoms with Gasteiger partial charge < -0.3 is 5.73 Å². The standard InChI is InChI=1S/C15H28N4/c1-5-13-12(10-18(4)17-13)14(9-16)19-8-6-7-15(2,3)11-19/h10,14H,5-9,11,16H2,1-4H3. The number of piperidine rings is 1. The van der Waals surface area contributed by atoms with Gasteiger partial charge in [-0.05, 0) is 31.2 Å². The molecular weight excluding hydrogens is 236 g/mol. The van der Waals surface area contributed by atoms with E-state index < -0.39 is 0 Å². The molecule has 0 saturated carbocycles. The number of rotatable bonds is 4. The fraction of sp³-hybridized carbons (Fsp3) is 0.800. The topological polar surface area (TPSA) is 47.1 Å². The van der Waals surface area contributed by atoms with E-state index in [0.717, 1.165) is 19.5 Å². The van der Waals surface area contributed by atoms with Crippen molar-refractivity contribution in [2.24, 2.45) is 18.2 Å². The highest BCUT2D eigenvalue weighted by atomic mass is 15.3. The quantitative estimate of drug-likeness (QED) is 0.906. The Hall–Kier alpha value is -0.870. The summed E-state index contributed by atoms with van der Waals surface area (Å²) in [6.45, 7) is 9.85. The summed E-state index contributed by atoms with van der Waals surface area (Å²) >= 11 is 0. The molecule has 2 N–H and O–H groups in total. The zero-order valence-corrected chi connectivity index (χ0v) is 12.8. The maximum Gasteiger partial charge on any atom is 0.0670 e. The lowest BCUT2D eigenvalue weighted by Crippen LogP contribution is -2.44. The van der Waals surface area contributed by atoms with E-state index in [0.29, 0.717) is 18.0 Å². The lowest BCUT2D eigenvalue weighted by atomic mass is 9.83. The SMILES string of the molecule is CCc1nn(C)cc1C(CN)N1CCCC(C)(C)C1. The van der Waals surface area contributed by atoms with Crippen molar-refractivity contribution >= 4 is 0 Å². The Balaban J connectivity index is 2.23. The Morgan fingerprint density at radius 2 is 2.21 bits per heavy atom. The average Bonchev–Trinajstić information content (AvgIpc) is 2.70. The first kappa shape index (κ1) is 14.5. The van der Waals surface area contributed by atoms with Crippen LogP contribution in [0.4, 0.5) is 0 Å². The van der Waals surface area contributed by atoms with E-state index in [4.69, 9.17) is 5.73 Å². The van der Waals surface area contributed by atoms with Gasteiger partial charge in [0.05, 0.1) is 11.7 Å². The third-order valence-electron chi connectivity index (χ3n) is 4.23. The zero-order valence-electron chi connectivity index (χ0n) is 12.8. The zero-order chi connectivity index (χ0) is 14.0. The van der Waals surface area contributed by atoms with Gasteiger partial charge in [-0.1, -0.05) is 20.8 Å². The van der Waals surface area contributed by atoms with Crippen LogP contribution in [0.25, 0.3) is 0 Å². The molecule has 1 unspecified atom stereocenters. The minimum absolute atomic E-state index is 0.322. The Morgan fingerprint density at radius 1 is 1.47 bits per heavy atom. The van der Waals surface area contributed by atoms with E-state index in [2.05, 4.69) is 37.0 Å². The molecule has 19 heavy (non-hydrogen) atoms. The Labute approximate surface area is 117 Å². The smallest absolute Gasteiger partial charge is 0.0670 e. The maximum atomic E-state index is 6.08. The van der Waals surface area contributed by atoms with Gasteiger partial charge >= 0.3 is 0 Å². The van der Waals surface area contributed by atoms with Gasteiger partial charge in [0.1, 0.15) is 0 Å². The van der Waals surface area contributed by atoms with E-state index in [1.165, 1.54) is 24.1 Å². The number of nitrogens with two attached hydrogens (primary N) is 1. The molecule has 0 spiro atoms. The van der Waals surface area contributed by atoms with Gasteiger partial charge in [0.25, 0.3) is 0 Å². The molecule has 4 heteroatoms. The predicted molar refractivity (Wildman–Crippen MR) is 79.0 cm³/mol. The lowest BCUT2D eigenvalue weighted by Gasteiger charge is -2.42. The van der Waals surface area contributed by atoms with Gasteiger partial charge in [0.15, 0.2) is 0 Å². The van der Waals surface area contributed by atoms with E-state index in [-0.39, 0.29) is 0 Å². The average molecular weight is 264 g/mol. The number of hydrogen-bond acceptors (Lipinski definition) is 3. The second-order valence-corrected chi connectivity index (χ2v) is 6.55. The molecule has 0 amide bonds. The fourth-order valence-corrected chi connectivity index (χ4v) is 3.31. The Kier molecular flexibility index (Phi) is 4.31. The van der Waals surface area contributed by atoms with Crippen molar-refractivity contribution in [3.63, 3.8) is 0 Å². The van der Waals surface area contributed by atoms with Crippen LogP contribution in [0.2, 0.25) is 0 Å². The van der Waals surface area contributed by atoms with Crippen molar-refractivity contribution in [3.8, 4) is 0 Å². The highest BCUT2D eigenvalue weighted by Gasteiger charge is 2.32. The highest BCUT2D eigenvalue weighted by Crippen LogP contribution is 2.34. The second kappa shape index (κ2) is 5.63. The normalized spacial score (nSPS) is 21.5. The number of aryl methyl sites for hydroxylation is 2. The molecular formula is C15H28N4. The molecule has 2 heterocycles. The van der Waals surface area contributed by atoms with Crippen LogP contribution in [0.1, 0.15) is 50.9 Å². The molecule has 0 aromatic carbocycles. The van der Waals surface area contributed by atoms with E-state index in [1.807, 2.05) is 11.7 Å². The summed E-state index contributed by atoms with van der Waals surface area (Å²) in [6, 6.07) is 0.322. The molecule has 1 atom stereocenters. The molecule has 1 aliphatic rings. The Bertz CT molecular complexity index is 422. The number of nitrogens with zero attached hydrogens (tertiary/aromatic N) is 3. The minimum Gasteiger partial charge on any atom is -0.329 e. The molecule has 108 valence electrons. The van der Waals surface area contributed by atoms with Crippen LogP contribution in [0.3, 0.4) is 0 Å². The molecule has 0 radical (unpaired) electrons. The van der Waals surface area contributed by atoms with Gasteiger partial charge in [0, 0.05) is 31.9 Å². The number of likely N-dealkylation sites (tertiary alicyclic amines) is 1. The predicted octanol–water partition coefficient (Wildman–Crippen LogP) is 2.10. The summed E-state index contributed by atoms with van der Waals surface area (Å²) in [4.78, 5) is 2.56. The molecule has 1 aliphatic heterocycles. The van der Waals surface area contributed by atoms with Crippen LogP contribution in [-0.4, -0.2) is 34.3 Å². The summed E-state index contributed by atoms with van der Waals surface area (Å²) in [5, 5.41) is 4.56. The van der Waals surface area contributed by atoms with Crippen molar-refractivity contribution < 1.29 is 0 Å². The fourth-order valence-electron chi connectivity index (χ4n) is 3.31. The van der Waals surface area contributed by atoms with Gasteiger partial charge in [0.2, 0.25) is 0 Å². The molecule has 2 rings (SSSR count). The monoisotopic (exact) mass is 264 g/mol. The van der Waals surface area contributed by atoms with Crippen molar-refractivity contribution in [2.45, 2.75) is 46.1 Å². The van der Waals surface area contributed by atoms with Crippen LogP contribution in [0.15, 0.2) is 6.20 Å². The van der Waals surface area contributed by atoms with Gasteiger partial charge in [-0.25, -0.2) is 0 Å². The van der Waals surface area contributed by atoms with E-state index in [9.17, 15) is 0 Å². The van der Waals surface area contributed by atoms with Crippen LogP contribution in [0.5, 0.6) is 0 Å². The van der Waals surface area contributed by atoms with Crippen LogP contribution >= 0.6 is 0 Å². The molecule has 1 fully saturated rings. The Morgan fingerprint density at radius 3 is 2.79 bits per heavy atom. The lowest BCUT2D eigenvalue weighted by molar-refractivity contribution is 0.0803. The molecule has 1 aromatic heterocycles. The van der Waals surface area contributed by atoms with Crippen LogP contribution < -0.4 is 5.73 Å². The molecule has 0 bridgehead atoms. The van der Waals surface area contributed by atoms with Crippen molar-refractivity contribution in [2.75, 3.05) is 19.6 Å². The van der Waals surface area contributed by atoms with Crippen LogP contribution in [0, 0.1) is 5.41 Å². The summed E-state index contributed by atoms with van der Waals surface area (Å²) < 4.78 is 1.92. The highest BCUT2D eigenvalue weighted by molar-refractivity contribution is 5.22. The largest absolute Gasteiger partial charge is 0.329 e. The van der Waals surface area contributed by atoms with Crippen molar-refractivity contribution in [1.82, 2.24) is 14.7 Å². The van der Waals surface area contributed by atoms with Crippen LogP contribution in [-0.2, 0) is 13.5 Å². The van der Waals surface area contributed by atoms with E-state index in [1.54, 1.807) is 0 Å². The van der Waals surface area contributed by atoms with Gasteiger partial charge in [-0.3, -0.25) is 9.58 Å². The number of aromatic nitrogens is 2. The van der Waals surface area contributed by atoms with Gasteiger partial charge in [-0.2, -0.15) is 5.10 Å². The molecule has 1 saturated heterocycles. The first-order chi connectivity index (χ1) is 8.96. The summed E-state index contributed by atoms with van der Waals surface area (Å²) in [5.41, 5.74) is 9.00. The van der Waals surface area contributed by atoms with Gasteiger partial charge in [-0.15, -0.1) is 0 Å². The second-order valence-electron chi connectivity index (χ2n) is 6.55. The molecule has 0 aliphatic carbocycles. The number of hydrogen-bond donors (Lipinski definition) is 1. The summed E-state index contributed by atoms with van der Waals surface area (Å²) in [5.74, 6) is 0. The van der Waals surface area contributed by atoms with Crippen molar-refractivity contribution in [3.05, 3.63) is 17.5 Å². The third-order valence-corrected chi connectivity index (χ3v) is 4.23. The maximum absolute atomic E-state index is 6.08. The first-order valence-corrected chi connectivity index (χ1v) is 7.43. The third kappa shape index (κ3) is 3.18. The summed E-state index contributed by atoms with van der Waals surface area (Å²) in [6.07, 6.45) is 5.71. The van der Waals surface area contributed by atoms with E-state index >= 15 is 0 Å². The minimum atomic E-state index is 0.322. The molecule has 1 aromatic rings.